The number of halogens is 3. The summed E-state index contributed by atoms with van der Waals surface area (Å²) in [5.41, 5.74) is 1.38. The summed E-state index contributed by atoms with van der Waals surface area (Å²) in [6.07, 6.45) is 0.773. The number of carbonyl (C=O) groups is 2. The van der Waals surface area contributed by atoms with Gasteiger partial charge in [-0.1, -0.05) is 29.8 Å². The number of amides is 2. The molecule has 0 atom stereocenters. The standard InChI is InChI=1S/C23H26ClF2N3O3/c1-27(15-17-6-8-20(9-7-17)32-23(25)26)21(30)16-28-10-3-11-29(13-12-28)22(31)18-4-2-5-19(24)14-18/h2,4-9,14,23H,3,10-13,15-16H2,1H3. The highest BCUT2D eigenvalue weighted by Crippen LogP contribution is 2.17. The van der Waals surface area contributed by atoms with Crippen molar-refractivity contribution in [1.29, 1.82) is 0 Å². The molecule has 0 radical (unpaired) electrons. The minimum Gasteiger partial charge on any atom is -0.435 e. The summed E-state index contributed by atoms with van der Waals surface area (Å²) in [6, 6.07) is 13.1. The van der Waals surface area contributed by atoms with Crippen molar-refractivity contribution in [3.8, 4) is 5.75 Å². The van der Waals surface area contributed by atoms with Gasteiger partial charge in [-0.3, -0.25) is 14.5 Å². The van der Waals surface area contributed by atoms with Crippen LogP contribution in [0.4, 0.5) is 8.78 Å². The van der Waals surface area contributed by atoms with Crippen molar-refractivity contribution in [3.05, 3.63) is 64.7 Å². The van der Waals surface area contributed by atoms with Crippen molar-refractivity contribution in [3.63, 3.8) is 0 Å². The van der Waals surface area contributed by atoms with Crippen molar-refractivity contribution >= 4 is 23.4 Å². The zero-order valence-corrected chi connectivity index (χ0v) is 18.6. The topological polar surface area (TPSA) is 53.1 Å². The lowest BCUT2D eigenvalue weighted by Crippen LogP contribution is -2.40. The van der Waals surface area contributed by atoms with E-state index in [-0.39, 0.29) is 24.1 Å². The highest BCUT2D eigenvalue weighted by Gasteiger charge is 2.22. The van der Waals surface area contributed by atoms with Gasteiger partial charge in [-0.2, -0.15) is 8.78 Å². The van der Waals surface area contributed by atoms with Crippen LogP contribution in [0.5, 0.6) is 5.75 Å². The van der Waals surface area contributed by atoms with Crippen LogP contribution in [-0.4, -0.2) is 72.9 Å². The Morgan fingerprint density at radius 3 is 2.53 bits per heavy atom. The van der Waals surface area contributed by atoms with E-state index in [1.807, 2.05) is 4.90 Å². The largest absolute Gasteiger partial charge is 0.435 e. The Labute approximate surface area is 191 Å². The number of ether oxygens (including phenoxy) is 1. The van der Waals surface area contributed by atoms with Gasteiger partial charge in [0.15, 0.2) is 0 Å². The van der Waals surface area contributed by atoms with Gasteiger partial charge >= 0.3 is 6.61 Å². The molecular weight excluding hydrogens is 440 g/mol. The maximum absolute atomic E-state index is 12.8. The monoisotopic (exact) mass is 465 g/mol. The van der Waals surface area contributed by atoms with Crippen molar-refractivity contribution < 1.29 is 23.1 Å². The molecule has 0 N–H and O–H groups in total. The predicted octanol–water partition coefficient (Wildman–Crippen LogP) is 3.75. The third-order valence-corrected chi connectivity index (χ3v) is 5.54. The van der Waals surface area contributed by atoms with Gasteiger partial charge in [-0.15, -0.1) is 0 Å². The average molecular weight is 466 g/mol. The lowest BCUT2D eigenvalue weighted by Gasteiger charge is -2.24. The predicted molar refractivity (Wildman–Crippen MR) is 118 cm³/mol. The number of alkyl halides is 2. The third kappa shape index (κ3) is 6.90. The second kappa shape index (κ2) is 11.2. The first-order valence-corrected chi connectivity index (χ1v) is 10.7. The number of benzene rings is 2. The van der Waals surface area contributed by atoms with Crippen LogP contribution in [0.2, 0.25) is 5.02 Å². The molecule has 3 rings (SSSR count). The summed E-state index contributed by atoms with van der Waals surface area (Å²) in [7, 11) is 1.71. The zero-order chi connectivity index (χ0) is 23.1. The van der Waals surface area contributed by atoms with Crippen LogP contribution in [0, 0.1) is 0 Å². The van der Waals surface area contributed by atoms with Crippen molar-refractivity contribution in [2.75, 3.05) is 39.8 Å². The van der Waals surface area contributed by atoms with Crippen LogP contribution in [-0.2, 0) is 11.3 Å². The van der Waals surface area contributed by atoms with E-state index < -0.39 is 6.61 Å². The smallest absolute Gasteiger partial charge is 0.387 e. The molecule has 2 amide bonds. The molecule has 2 aromatic rings. The molecule has 0 bridgehead atoms. The first-order valence-electron chi connectivity index (χ1n) is 10.4. The molecule has 6 nitrogen and oxygen atoms in total. The van der Waals surface area contributed by atoms with Gasteiger partial charge < -0.3 is 14.5 Å². The quantitative estimate of drug-likeness (QED) is 0.625. The van der Waals surface area contributed by atoms with E-state index in [1.54, 1.807) is 53.2 Å². The molecule has 2 aromatic carbocycles. The van der Waals surface area contributed by atoms with E-state index in [1.165, 1.54) is 12.1 Å². The SMILES string of the molecule is CN(Cc1ccc(OC(F)F)cc1)C(=O)CN1CCCN(C(=O)c2cccc(Cl)c2)CC1. The molecule has 0 aliphatic carbocycles. The summed E-state index contributed by atoms with van der Waals surface area (Å²) in [4.78, 5) is 30.9. The Bertz CT molecular complexity index is 927. The molecular formula is C23H26ClF2N3O3. The zero-order valence-electron chi connectivity index (χ0n) is 17.8. The minimum absolute atomic E-state index is 0.0486. The van der Waals surface area contributed by atoms with E-state index in [0.717, 1.165) is 18.5 Å². The molecule has 0 spiro atoms. The van der Waals surface area contributed by atoms with Gasteiger partial charge in [-0.25, -0.2) is 0 Å². The Morgan fingerprint density at radius 1 is 1.09 bits per heavy atom. The normalized spacial score (nSPS) is 14.8. The molecule has 172 valence electrons. The van der Waals surface area contributed by atoms with Gasteiger partial charge in [0.05, 0.1) is 6.54 Å². The molecule has 1 aliphatic rings. The minimum atomic E-state index is -2.87. The number of likely N-dealkylation sites (N-methyl/N-ethyl adjacent to an activating group) is 1. The van der Waals surface area contributed by atoms with Crippen LogP contribution >= 0.6 is 11.6 Å². The van der Waals surface area contributed by atoms with Crippen LogP contribution < -0.4 is 4.74 Å². The first-order chi connectivity index (χ1) is 15.3. The van der Waals surface area contributed by atoms with Gasteiger partial charge in [-0.05, 0) is 42.3 Å². The lowest BCUT2D eigenvalue weighted by molar-refractivity contribution is -0.131. The number of hydrogen-bond donors (Lipinski definition) is 0. The maximum atomic E-state index is 12.8. The summed E-state index contributed by atoms with van der Waals surface area (Å²) in [5.74, 6) is -0.0243. The molecule has 0 saturated carbocycles. The fourth-order valence-electron chi connectivity index (χ4n) is 3.59. The highest BCUT2D eigenvalue weighted by atomic mass is 35.5. The van der Waals surface area contributed by atoms with Gasteiger partial charge in [0, 0.05) is 50.4 Å². The van der Waals surface area contributed by atoms with Gasteiger partial charge in [0.1, 0.15) is 5.75 Å². The van der Waals surface area contributed by atoms with E-state index >= 15 is 0 Å². The third-order valence-electron chi connectivity index (χ3n) is 5.30. The van der Waals surface area contributed by atoms with Crippen LogP contribution in [0.1, 0.15) is 22.3 Å². The van der Waals surface area contributed by atoms with E-state index in [0.29, 0.717) is 36.8 Å². The van der Waals surface area contributed by atoms with Gasteiger partial charge in [0.25, 0.3) is 5.91 Å². The van der Waals surface area contributed by atoms with Crippen molar-refractivity contribution in [2.45, 2.75) is 19.6 Å². The van der Waals surface area contributed by atoms with Crippen LogP contribution in [0.15, 0.2) is 48.5 Å². The summed E-state index contributed by atoms with van der Waals surface area (Å²) < 4.78 is 28.8. The summed E-state index contributed by atoms with van der Waals surface area (Å²) >= 11 is 6.00. The molecule has 0 unspecified atom stereocenters. The maximum Gasteiger partial charge on any atom is 0.387 e. The summed E-state index contributed by atoms with van der Waals surface area (Å²) in [5, 5.41) is 0.525. The Kier molecular flexibility index (Phi) is 8.41. The molecule has 0 aromatic heterocycles. The number of nitrogens with zero attached hydrogens (tertiary/aromatic N) is 3. The molecule has 9 heteroatoms. The average Bonchev–Trinajstić information content (AvgIpc) is 2.99. The summed E-state index contributed by atoms with van der Waals surface area (Å²) in [6.45, 7) is 0.232. The Balaban J connectivity index is 1.49. The number of carbonyl (C=O) groups excluding carboxylic acids is 2. The fraction of sp³-hybridized carbons (Fsp3) is 0.391. The van der Waals surface area contributed by atoms with E-state index in [9.17, 15) is 18.4 Å². The first kappa shape index (κ1) is 23.9. The van der Waals surface area contributed by atoms with Crippen molar-refractivity contribution in [2.24, 2.45) is 0 Å². The number of hydrogen-bond acceptors (Lipinski definition) is 4. The molecule has 32 heavy (non-hydrogen) atoms. The fourth-order valence-corrected chi connectivity index (χ4v) is 3.78. The Morgan fingerprint density at radius 2 is 1.84 bits per heavy atom. The molecule has 1 fully saturated rings. The molecule has 1 saturated heterocycles. The van der Waals surface area contributed by atoms with Gasteiger partial charge in [0.2, 0.25) is 5.91 Å². The Hall–Kier alpha value is -2.71. The lowest BCUT2D eigenvalue weighted by atomic mass is 10.2. The van der Waals surface area contributed by atoms with E-state index in [2.05, 4.69) is 4.74 Å². The van der Waals surface area contributed by atoms with Crippen LogP contribution in [0.25, 0.3) is 0 Å². The van der Waals surface area contributed by atoms with Crippen molar-refractivity contribution in [1.82, 2.24) is 14.7 Å². The second-order valence-corrected chi connectivity index (χ2v) is 8.14. The second-order valence-electron chi connectivity index (χ2n) is 7.70. The van der Waals surface area contributed by atoms with Crippen LogP contribution in [0.3, 0.4) is 0 Å². The highest BCUT2D eigenvalue weighted by molar-refractivity contribution is 6.30. The number of rotatable bonds is 7. The molecule has 1 aliphatic heterocycles. The van der Waals surface area contributed by atoms with E-state index in [4.69, 9.17) is 11.6 Å². The molecule has 1 heterocycles.